The van der Waals surface area contributed by atoms with Crippen molar-refractivity contribution in [1.82, 2.24) is 9.88 Å². The van der Waals surface area contributed by atoms with Crippen molar-refractivity contribution in [3.63, 3.8) is 0 Å². The molecule has 0 aliphatic carbocycles. The molecule has 3 N–H and O–H groups in total. The minimum atomic E-state index is 0.0664. The molecule has 1 aliphatic heterocycles. The van der Waals surface area contributed by atoms with Gasteiger partial charge >= 0.3 is 0 Å². The van der Waals surface area contributed by atoms with Gasteiger partial charge in [0.15, 0.2) is 0 Å². The molecule has 1 saturated heterocycles. The minimum Gasteiger partial charge on any atom is -0.367 e. The number of rotatable bonds is 4. The lowest BCUT2D eigenvalue weighted by atomic mass is 9.96. The van der Waals surface area contributed by atoms with Gasteiger partial charge in [-0.25, -0.2) is 4.98 Å². The zero-order valence-electron chi connectivity index (χ0n) is 12.3. The highest BCUT2D eigenvalue weighted by Gasteiger charge is 2.24. The predicted octanol–water partition coefficient (Wildman–Crippen LogP) is 1.71. The fourth-order valence-electron chi connectivity index (χ4n) is 2.51. The Labute approximate surface area is 120 Å². The zero-order valence-corrected chi connectivity index (χ0v) is 12.3. The van der Waals surface area contributed by atoms with E-state index in [4.69, 9.17) is 5.73 Å². The molecule has 5 nitrogen and oxygen atoms in total. The molecule has 0 unspecified atom stereocenters. The van der Waals surface area contributed by atoms with E-state index in [1.807, 2.05) is 30.9 Å². The van der Waals surface area contributed by atoms with E-state index < -0.39 is 0 Å². The molecule has 1 fully saturated rings. The van der Waals surface area contributed by atoms with Crippen molar-refractivity contribution in [1.29, 1.82) is 0 Å². The first-order valence-corrected chi connectivity index (χ1v) is 7.32. The van der Waals surface area contributed by atoms with Crippen molar-refractivity contribution in [3.05, 3.63) is 23.9 Å². The maximum atomic E-state index is 12.6. The maximum Gasteiger partial charge on any atom is 0.257 e. The van der Waals surface area contributed by atoms with Crippen molar-refractivity contribution >= 4 is 11.7 Å². The summed E-state index contributed by atoms with van der Waals surface area (Å²) in [6.45, 7) is 6.37. The first-order chi connectivity index (χ1) is 9.61. The Kier molecular flexibility index (Phi) is 4.95. The first-order valence-electron chi connectivity index (χ1n) is 7.32. The summed E-state index contributed by atoms with van der Waals surface area (Å²) < 4.78 is 0. The van der Waals surface area contributed by atoms with Crippen LogP contribution in [0.3, 0.4) is 0 Å². The number of likely N-dealkylation sites (tertiary alicyclic amines) is 1. The van der Waals surface area contributed by atoms with Crippen LogP contribution in [-0.4, -0.2) is 41.5 Å². The molecule has 2 heterocycles. The van der Waals surface area contributed by atoms with Crippen LogP contribution in [0.25, 0.3) is 0 Å². The van der Waals surface area contributed by atoms with Gasteiger partial charge in [0.1, 0.15) is 5.82 Å². The SMILES string of the molecule is CC(C)Nc1ncccc1C(=O)N1CCC(CN)CC1. The molecule has 110 valence electrons. The first kappa shape index (κ1) is 14.8. The van der Waals surface area contributed by atoms with Crippen molar-refractivity contribution < 1.29 is 4.79 Å². The van der Waals surface area contributed by atoms with Gasteiger partial charge in [0.25, 0.3) is 5.91 Å². The summed E-state index contributed by atoms with van der Waals surface area (Å²) in [5.74, 6) is 1.30. The van der Waals surface area contributed by atoms with Gasteiger partial charge in [-0.3, -0.25) is 4.79 Å². The third-order valence-corrected chi connectivity index (χ3v) is 3.70. The third-order valence-electron chi connectivity index (χ3n) is 3.70. The number of hydrogen-bond donors (Lipinski definition) is 2. The predicted molar refractivity (Wildman–Crippen MR) is 80.7 cm³/mol. The topological polar surface area (TPSA) is 71.2 Å². The van der Waals surface area contributed by atoms with Crippen LogP contribution in [0.4, 0.5) is 5.82 Å². The van der Waals surface area contributed by atoms with E-state index in [0.29, 0.717) is 17.3 Å². The fourth-order valence-corrected chi connectivity index (χ4v) is 2.51. The highest BCUT2D eigenvalue weighted by atomic mass is 16.2. The number of aromatic nitrogens is 1. The molecule has 0 saturated carbocycles. The lowest BCUT2D eigenvalue weighted by molar-refractivity contribution is 0.0694. The molecule has 20 heavy (non-hydrogen) atoms. The molecule has 0 atom stereocenters. The number of hydrogen-bond acceptors (Lipinski definition) is 4. The number of nitrogens with one attached hydrogen (secondary N) is 1. The molecule has 0 bridgehead atoms. The number of carbonyl (C=O) groups excluding carboxylic acids is 1. The monoisotopic (exact) mass is 276 g/mol. The van der Waals surface area contributed by atoms with Gasteiger partial charge in [-0.05, 0) is 51.3 Å². The van der Waals surface area contributed by atoms with Gasteiger partial charge in [-0.2, -0.15) is 0 Å². The average molecular weight is 276 g/mol. The van der Waals surface area contributed by atoms with Crippen LogP contribution in [0.15, 0.2) is 18.3 Å². The molecule has 1 aromatic rings. The Hall–Kier alpha value is -1.62. The number of anilines is 1. The maximum absolute atomic E-state index is 12.6. The van der Waals surface area contributed by atoms with Gasteiger partial charge in [0.2, 0.25) is 0 Å². The third kappa shape index (κ3) is 3.48. The lowest BCUT2D eigenvalue weighted by Gasteiger charge is -2.31. The van der Waals surface area contributed by atoms with Gasteiger partial charge in [-0.1, -0.05) is 0 Å². The minimum absolute atomic E-state index is 0.0664. The van der Waals surface area contributed by atoms with E-state index in [9.17, 15) is 4.79 Å². The van der Waals surface area contributed by atoms with Crippen LogP contribution < -0.4 is 11.1 Å². The summed E-state index contributed by atoms with van der Waals surface area (Å²) in [5.41, 5.74) is 6.35. The van der Waals surface area contributed by atoms with E-state index in [0.717, 1.165) is 32.5 Å². The summed E-state index contributed by atoms with van der Waals surface area (Å²) in [6, 6.07) is 3.90. The average Bonchev–Trinajstić information content (AvgIpc) is 2.46. The van der Waals surface area contributed by atoms with E-state index in [-0.39, 0.29) is 11.9 Å². The highest BCUT2D eigenvalue weighted by molar-refractivity contribution is 5.98. The van der Waals surface area contributed by atoms with Crippen LogP contribution in [0.1, 0.15) is 37.0 Å². The number of nitrogens with two attached hydrogens (primary N) is 1. The Morgan fingerprint density at radius 2 is 2.20 bits per heavy atom. The summed E-state index contributed by atoms with van der Waals surface area (Å²) in [4.78, 5) is 18.8. The van der Waals surface area contributed by atoms with E-state index in [1.54, 1.807) is 6.20 Å². The summed E-state index contributed by atoms with van der Waals surface area (Å²) in [6.07, 6.45) is 3.70. The molecule has 1 amide bonds. The number of pyridine rings is 1. The molecule has 5 heteroatoms. The largest absolute Gasteiger partial charge is 0.367 e. The van der Waals surface area contributed by atoms with Crippen LogP contribution in [-0.2, 0) is 0 Å². The Morgan fingerprint density at radius 1 is 1.50 bits per heavy atom. The molecule has 1 aliphatic rings. The summed E-state index contributed by atoms with van der Waals surface area (Å²) >= 11 is 0. The smallest absolute Gasteiger partial charge is 0.257 e. The highest BCUT2D eigenvalue weighted by Crippen LogP contribution is 2.21. The molecular weight excluding hydrogens is 252 g/mol. The second-order valence-electron chi connectivity index (χ2n) is 5.67. The van der Waals surface area contributed by atoms with E-state index in [2.05, 4.69) is 10.3 Å². The summed E-state index contributed by atoms with van der Waals surface area (Å²) in [5, 5.41) is 3.23. The normalized spacial score (nSPS) is 16.5. The Morgan fingerprint density at radius 3 is 2.80 bits per heavy atom. The van der Waals surface area contributed by atoms with Gasteiger partial charge in [0.05, 0.1) is 5.56 Å². The van der Waals surface area contributed by atoms with Crippen LogP contribution in [0.2, 0.25) is 0 Å². The second-order valence-corrected chi connectivity index (χ2v) is 5.67. The lowest BCUT2D eigenvalue weighted by Crippen LogP contribution is -2.40. The number of piperidine rings is 1. The molecular formula is C15H24N4O. The van der Waals surface area contributed by atoms with Crippen LogP contribution in [0.5, 0.6) is 0 Å². The number of amides is 1. The quantitative estimate of drug-likeness (QED) is 0.878. The number of carbonyl (C=O) groups is 1. The molecule has 0 radical (unpaired) electrons. The van der Waals surface area contributed by atoms with E-state index in [1.165, 1.54) is 0 Å². The van der Waals surface area contributed by atoms with Crippen molar-refractivity contribution in [2.45, 2.75) is 32.7 Å². The van der Waals surface area contributed by atoms with Gasteiger partial charge < -0.3 is 16.0 Å². The van der Waals surface area contributed by atoms with Gasteiger partial charge in [-0.15, -0.1) is 0 Å². The van der Waals surface area contributed by atoms with Crippen LogP contribution >= 0.6 is 0 Å². The fraction of sp³-hybridized carbons (Fsp3) is 0.600. The second kappa shape index (κ2) is 6.70. The van der Waals surface area contributed by atoms with Crippen molar-refractivity contribution in [3.8, 4) is 0 Å². The van der Waals surface area contributed by atoms with Crippen LogP contribution in [0, 0.1) is 5.92 Å². The summed E-state index contributed by atoms with van der Waals surface area (Å²) in [7, 11) is 0. The standard InChI is InChI=1S/C15H24N4O/c1-11(2)18-14-13(4-3-7-17-14)15(20)19-8-5-12(10-16)6-9-19/h3-4,7,11-12H,5-6,8-10,16H2,1-2H3,(H,17,18). The van der Waals surface area contributed by atoms with Crippen molar-refractivity contribution in [2.24, 2.45) is 11.7 Å². The molecule has 0 aromatic carbocycles. The molecule has 1 aromatic heterocycles. The Bertz CT molecular complexity index is 453. The number of nitrogens with zero attached hydrogens (tertiary/aromatic N) is 2. The molecule has 0 spiro atoms. The van der Waals surface area contributed by atoms with Crippen molar-refractivity contribution in [2.75, 3.05) is 25.0 Å². The van der Waals surface area contributed by atoms with Gasteiger partial charge in [0, 0.05) is 25.3 Å². The molecule has 2 rings (SSSR count). The Balaban J connectivity index is 2.09. The zero-order chi connectivity index (χ0) is 14.5. The van der Waals surface area contributed by atoms with E-state index >= 15 is 0 Å².